The first-order chi connectivity index (χ1) is 9.02. The maximum absolute atomic E-state index is 13.1. The highest BCUT2D eigenvalue weighted by Crippen LogP contribution is 2.10. The van der Waals surface area contributed by atoms with Gasteiger partial charge >= 0.3 is 5.97 Å². The summed E-state index contributed by atoms with van der Waals surface area (Å²) in [6, 6.07) is 6.47. The van der Waals surface area contributed by atoms with Gasteiger partial charge in [-0.05, 0) is 30.7 Å². The van der Waals surface area contributed by atoms with Crippen LogP contribution in [0.5, 0.6) is 0 Å². The molecule has 19 heavy (non-hydrogen) atoms. The highest BCUT2D eigenvalue weighted by Gasteiger charge is 2.16. The fraction of sp³-hybridized carbons (Fsp3) is 0.533. The lowest BCUT2D eigenvalue weighted by atomic mass is 10.1. The largest absolute Gasteiger partial charge is 0.481 e. The van der Waals surface area contributed by atoms with E-state index < -0.39 is 11.9 Å². The van der Waals surface area contributed by atoms with Gasteiger partial charge in [-0.25, -0.2) is 4.39 Å². The van der Waals surface area contributed by atoms with Gasteiger partial charge in [-0.3, -0.25) is 9.69 Å². The van der Waals surface area contributed by atoms with Gasteiger partial charge in [0, 0.05) is 13.1 Å². The molecule has 0 spiro atoms. The molecule has 0 aliphatic carbocycles. The first-order valence-electron chi connectivity index (χ1n) is 6.72. The summed E-state index contributed by atoms with van der Waals surface area (Å²) >= 11 is 0. The second-order valence-electron chi connectivity index (χ2n) is 4.96. The zero-order valence-corrected chi connectivity index (χ0v) is 11.6. The van der Waals surface area contributed by atoms with E-state index in [2.05, 4.69) is 11.8 Å². The summed E-state index contributed by atoms with van der Waals surface area (Å²) in [6.45, 7) is 5.72. The molecule has 0 aliphatic rings. The molecule has 0 saturated heterocycles. The standard InChI is InChI=1S/C15H22FNO2/c1-3-4-8-17(10-12(2)15(18)19)11-13-6-5-7-14(16)9-13/h5-7,9,12H,3-4,8,10-11H2,1-2H3,(H,18,19). The van der Waals surface area contributed by atoms with Crippen molar-refractivity contribution in [1.82, 2.24) is 4.90 Å². The monoisotopic (exact) mass is 267 g/mol. The molecule has 1 atom stereocenters. The van der Waals surface area contributed by atoms with Crippen LogP contribution >= 0.6 is 0 Å². The van der Waals surface area contributed by atoms with E-state index in [1.165, 1.54) is 12.1 Å². The van der Waals surface area contributed by atoms with Gasteiger partial charge in [0.25, 0.3) is 0 Å². The van der Waals surface area contributed by atoms with E-state index in [9.17, 15) is 9.18 Å². The summed E-state index contributed by atoms with van der Waals surface area (Å²) in [5, 5.41) is 8.98. The molecule has 0 saturated carbocycles. The van der Waals surface area contributed by atoms with Crippen LogP contribution in [0.15, 0.2) is 24.3 Å². The topological polar surface area (TPSA) is 40.5 Å². The Morgan fingerprint density at radius 2 is 2.21 bits per heavy atom. The molecule has 0 aromatic heterocycles. The number of carbonyl (C=O) groups is 1. The fourth-order valence-corrected chi connectivity index (χ4v) is 1.98. The highest BCUT2D eigenvalue weighted by atomic mass is 19.1. The Hall–Kier alpha value is -1.42. The second kappa shape index (κ2) is 7.89. The van der Waals surface area contributed by atoms with Gasteiger partial charge in [-0.2, -0.15) is 0 Å². The molecule has 0 heterocycles. The molecule has 3 nitrogen and oxygen atoms in total. The number of hydrogen-bond donors (Lipinski definition) is 1. The van der Waals surface area contributed by atoms with Gasteiger partial charge in [-0.1, -0.05) is 32.4 Å². The van der Waals surface area contributed by atoms with Crippen molar-refractivity contribution in [1.29, 1.82) is 0 Å². The Labute approximate surface area is 114 Å². The minimum Gasteiger partial charge on any atom is -0.481 e. The minimum absolute atomic E-state index is 0.251. The van der Waals surface area contributed by atoms with E-state index in [1.54, 1.807) is 13.0 Å². The van der Waals surface area contributed by atoms with Crippen LogP contribution < -0.4 is 0 Å². The normalized spacial score (nSPS) is 12.6. The van der Waals surface area contributed by atoms with Crippen molar-refractivity contribution < 1.29 is 14.3 Å². The minimum atomic E-state index is -0.791. The molecule has 0 amide bonds. The summed E-state index contributed by atoms with van der Waals surface area (Å²) in [5.74, 6) is -1.45. The van der Waals surface area contributed by atoms with Crippen molar-refractivity contribution in [3.05, 3.63) is 35.6 Å². The smallest absolute Gasteiger partial charge is 0.307 e. The highest BCUT2D eigenvalue weighted by molar-refractivity contribution is 5.69. The first-order valence-corrected chi connectivity index (χ1v) is 6.72. The predicted octanol–water partition coefficient (Wildman–Crippen LogP) is 3.15. The lowest BCUT2D eigenvalue weighted by Gasteiger charge is -2.24. The lowest BCUT2D eigenvalue weighted by molar-refractivity contribution is -0.141. The van der Waals surface area contributed by atoms with E-state index in [0.29, 0.717) is 13.1 Å². The van der Waals surface area contributed by atoms with Crippen molar-refractivity contribution >= 4 is 5.97 Å². The summed E-state index contributed by atoms with van der Waals surface area (Å²) in [4.78, 5) is 13.0. The van der Waals surface area contributed by atoms with Gasteiger partial charge < -0.3 is 5.11 Å². The molecule has 1 rings (SSSR count). The predicted molar refractivity (Wildman–Crippen MR) is 73.4 cm³/mol. The summed E-state index contributed by atoms with van der Waals surface area (Å²) in [6.07, 6.45) is 2.07. The van der Waals surface area contributed by atoms with Crippen LogP contribution in [0, 0.1) is 11.7 Å². The van der Waals surface area contributed by atoms with Crippen molar-refractivity contribution in [2.24, 2.45) is 5.92 Å². The van der Waals surface area contributed by atoms with Crippen LogP contribution in [0.25, 0.3) is 0 Å². The van der Waals surface area contributed by atoms with Crippen molar-refractivity contribution in [2.45, 2.75) is 33.2 Å². The lowest BCUT2D eigenvalue weighted by Crippen LogP contribution is -2.32. The van der Waals surface area contributed by atoms with E-state index in [-0.39, 0.29) is 5.82 Å². The number of aliphatic carboxylic acids is 1. The molecule has 1 unspecified atom stereocenters. The molecule has 4 heteroatoms. The van der Waals surface area contributed by atoms with Gasteiger partial charge in [0.05, 0.1) is 5.92 Å². The van der Waals surface area contributed by atoms with Crippen molar-refractivity contribution in [3.8, 4) is 0 Å². The average Bonchev–Trinajstić information content (AvgIpc) is 2.35. The Morgan fingerprint density at radius 3 is 2.79 bits per heavy atom. The van der Waals surface area contributed by atoms with Crippen LogP contribution in [0.3, 0.4) is 0 Å². The van der Waals surface area contributed by atoms with Gasteiger partial charge in [-0.15, -0.1) is 0 Å². The van der Waals surface area contributed by atoms with Crippen LogP contribution in [-0.4, -0.2) is 29.1 Å². The summed E-state index contributed by atoms with van der Waals surface area (Å²) in [7, 11) is 0. The Balaban J connectivity index is 2.65. The van der Waals surface area contributed by atoms with Crippen LogP contribution in [0.1, 0.15) is 32.3 Å². The molecular weight excluding hydrogens is 245 g/mol. The van der Waals surface area contributed by atoms with Crippen molar-refractivity contribution in [2.75, 3.05) is 13.1 Å². The quantitative estimate of drug-likeness (QED) is 0.786. The number of unbranched alkanes of at least 4 members (excludes halogenated alkanes) is 1. The molecule has 1 aromatic carbocycles. The molecule has 0 radical (unpaired) electrons. The molecule has 1 N–H and O–H groups in total. The van der Waals surface area contributed by atoms with Crippen molar-refractivity contribution in [3.63, 3.8) is 0 Å². The molecule has 0 aliphatic heterocycles. The third-order valence-electron chi connectivity index (χ3n) is 3.08. The Bertz CT molecular complexity index is 409. The maximum Gasteiger partial charge on any atom is 0.307 e. The van der Waals surface area contributed by atoms with E-state index >= 15 is 0 Å². The third kappa shape index (κ3) is 5.83. The SMILES string of the molecule is CCCCN(Cc1cccc(F)c1)CC(C)C(=O)O. The number of benzene rings is 1. The third-order valence-corrected chi connectivity index (χ3v) is 3.08. The number of hydrogen-bond acceptors (Lipinski definition) is 2. The molecule has 0 fully saturated rings. The number of carboxylic acids is 1. The van der Waals surface area contributed by atoms with Gasteiger partial charge in [0.15, 0.2) is 0 Å². The van der Waals surface area contributed by atoms with Crippen LogP contribution in [-0.2, 0) is 11.3 Å². The first kappa shape index (κ1) is 15.6. The molecule has 106 valence electrons. The zero-order valence-electron chi connectivity index (χ0n) is 11.6. The summed E-state index contributed by atoms with van der Waals surface area (Å²) < 4.78 is 13.1. The Kier molecular flexibility index (Phi) is 6.50. The van der Waals surface area contributed by atoms with Gasteiger partial charge in [0.2, 0.25) is 0 Å². The summed E-state index contributed by atoms with van der Waals surface area (Å²) in [5.41, 5.74) is 0.883. The zero-order chi connectivity index (χ0) is 14.3. The van der Waals surface area contributed by atoms with Crippen LogP contribution in [0.2, 0.25) is 0 Å². The van der Waals surface area contributed by atoms with E-state index in [1.807, 2.05) is 6.07 Å². The number of carboxylic acid groups (broad SMARTS) is 1. The van der Waals surface area contributed by atoms with E-state index in [4.69, 9.17) is 5.11 Å². The van der Waals surface area contributed by atoms with Gasteiger partial charge in [0.1, 0.15) is 5.82 Å². The molecule has 1 aromatic rings. The molecular formula is C15H22FNO2. The van der Waals surface area contributed by atoms with Crippen LogP contribution in [0.4, 0.5) is 4.39 Å². The number of halogens is 1. The maximum atomic E-state index is 13.1. The fourth-order valence-electron chi connectivity index (χ4n) is 1.98. The number of nitrogens with zero attached hydrogens (tertiary/aromatic N) is 1. The number of rotatable bonds is 8. The Morgan fingerprint density at radius 1 is 1.47 bits per heavy atom. The average molecular weight is 267 g/mol. The molecule has 0 bridgehead atoms. The second-order valence-corrected chi connectivity index (χ2v) is 4.96. The van der Waals surface area contributed by atoms with E-state index in [0.717, 1.165) is 24.9 Å².